The maximum atomic E-state index is 11.8. The number of rotatable bonds is 3. The van der Waals surface area contributed by atoms with Gasteiger partial charge in [-0.1, -0.05) is 6.07 Å². The van der Waals surface area contributed by atoms with Crippen molar-refractivity contribution in [3.8, 4) is 17.6 Å². The van der Waals surface area contributed by atoms with E-state index in [2.05, 4.69) is 5.32 Å². The Kier molecular flexibility index (Phi) is 3.59. The van der Waals surface area contributed by atoms with E-state index in [0.717, 1.165) is 0 Å². The van der Waals surface area contributed by atoms with Crippen LogP contribution in [0.25, 0.3) is 0 Å². The van der Waals surface area contributed by atoms with Crippen LogP contribution in [0, 0.1) is 11.3 Å². The molecule has 17 heavy (non-hydrogen) atoms. The van der Waals surface area contributed by atoms with Gasteiger partial charge in [0.05, 0.1) is 18.7 Å². The molecule has 90 valence electrons. The summed E-state index contributed by atoms with van der Waals surface area (Å²) in [6, 6.07) is 6.54. The van der Waals surface area contributed by atoms with Crippen molar-refractivity contribution < 1.29 is 14.6 Å². The van der Waals surface area contributed by atoms with Gasteiger partial charge in [0.2, 0.25) is 0 Å². The number of ether oxygens (including phenoxy) is 1. The molecule has 0 heterocycles. The Balaban J connectivity index is 3.03. The lowest BCUT2D eigenvalue weighted by Gasteiger charge is -2.18. The van der Waals surface area contributed by atoms with Gasteiger partial charge in [0.1, 0.15) is 5.54 Å². The van der Waals surface area contributed by atoms with Gasteiger partial charge in [-0.25, -0.2) is 0 Å². The molecule has 1 aromatic carbocycles. The number of nitrogens with zero attached hydrogens (tertiary/aromatic N) is 1. The summed E-state index contributed by atoms with van der Waals surface area (Å²) >= 11 is 0. The van der Waals surface area contributed by atoms with Crippen LogP contribution in [-0.4, -0.2) is 23.7 Å². The molecule has 0 saturated heterocycles. The minimum absolute atomic E-state index is 0.0766. The molecule has 0 spiro atoms. The summed E-state index contributed by atoms with van der Waals surface area (Å²) < 4.78 is 4.90. The maximum Gasteiger partial charge on any atom is 0.256 e. The van der Waals surface area contributed by atoms with Crippen LogP contribution in [0.1, 0.15) is 24.2 Å². The minimum Gasteiger partial charge on any atom is -0.504 e. The highest BCUT2D eigenvalue weighted by molar-refractivity contribution is 5.98. The lowest BCUT2D eigenvalue weighted by Crippen LogP contribution is -2.42. The van der Waals surface area contributed by atoms with Crippen LogP contribution in [0.4, 0.5) is 0 Å². The van der Waals surface area contributed by atoms with Crippen LogP contribution in [-0.2, 0) is 0 Å². The van der Waals surface area contributed by atoms with Crippen LogP contribution in [0.5, 0.6) is 11.5 Å². The molecule has 0 fully saturated rings. The van der Waals surface area contributed by atoms with Gasteiger partial charge in [-0.05, 0) is 26.0 Å². The molecule has 0 atom stereocenters. The van der Waals surface area contributed by atoms with Gasteiger partial charge in [-0.3, -0.25) is 4.79 Å². The second-order valence-electron chi connectivity index (χ2n) is 4.05. The highest BCUT2D eigenvalue weighted by Crippen LogP contribution is 2.29. The second-order valence-corrected chi connectivity index (χ2v) is 4.05. The molecule has 0 saturated carbocycles. The van der Waals surface area contributed by atoms with Gasteiger partial charge < -0.3 is 15.2 Å². The number of nitriles is 1. The summed E-state index contributed by atoms with van der Waals surface area (Å²) in [5.74, 6) is -0.540. The van der Waals surface area contributed by atoms with Gasteiger partial charge in [-0.2, -0.15) is 5.26 Å². The molecule has 0 aliphatic carbocycles. The standard InChI is InChI=1S/C12H14N2O3/c1-12(2,7-13)14-11(16)8-5-4-6-9(17-3)10(8)15/h4-6,15H,1-3H3,(H,14,16). The van der Waals surface area contributed by atoms with Crippen molar-refractivity contribution >= 4 is 5.91 Å². The van der Waals surface area contributed by atoms with E-state index in [-0.39, 0.29) is 17.1 Å². The summed E-state index contributed by atoms with van der Waals surface area (Å²) in [5.41, 5.74) is -0.917. The molecule has 0 aliphatic rings. The number of hydrogen-bond donors (Lipinski definition) is 2. The number of phenolic OH excluding ortho intramolecular Hbond substituents is 1. The van der Waals surface area contributed by atoms with E-state index in [1.165, 1.54) is 13.2 Å². The monoisotopic (exact) mass is 234 g/mol. The SMILES string of the molecule is COc1cccc(C(=O)NC(C)(C)C#N)c1O. The number of amides is 1. The molecule has 0 radical (unpaired) electrons. The fourth-order valence-corrected chi connectivity index (χ4v) is 1.25. The van der Waals surface area contributed by atoms with E-state index in [1.54, 1.807) is 26.0 Å². The van der Waals surface area contributed by atoms with Crippen LogP contribution >= 0.6 is 0 Å². The van der Waals surface area contributed by atoms with E-state index in [0.29, 0.717) is 0 Å². The molecule has 0 bridgehead atoms. The average molecular weight is 234 g/mol. The third-order valence-electron chi connectivity index (χ3n) is 2.17. The van der Waals surface area contributed by atoms with E-state index in [4.69, 9.17) is 10.00 Å². The number of nitrogens with one attached hydrogen (secondary N) is 1. The summed E-state index contributed by atoms with van der Waals surface area (Å²) in [6.45, 7) is 3.14. The first kappa shape index (κ1) is 12.8. The first-order valence-electron chi connectivity index (χ1n) is 5.01. The molecule has 2 N–H and O–H groups in total. The number of methoxy groups -OCH3 is 1. The maximum absolute atomic E-state index is 11.8. The Morgan fingerprint density at radius 3 is 2.71 bits per heavy atom. The van der Waals surface area contributed by atoms with E-state index in [1.807, 2.05) is 6.07 Å². The number of hydrogen-bond acceptors (Lipinski definition) is 4. The van der Waals surface area contributed by atoms with E-state index >= 15 is 0 Å². The topological polar surface area (TPSA) is 82.3 Å². The number of phenols is 1. The Bertz CT molecular complexity index is 475. The normalized spacial score (nSPS) is 10.5. The summed E-state index contributed by atoms with van der Waals surface area (Å²) in [5, 5.41) is 21.1. The zero-order valence-corrected chi connectivity index (χ0v) is 9.94. The Labute approximate surface area is 99.6 Å². The third-order valence-corrected chi connectivity index (χ3v) is 2.17. The van der Waals surface area contributed by atoms with Crippen LogP contribution in [0.2, 0.25) is 0 Å². The highest BCUT2D eigenvalue weighted by atomic mass is 16.5. The zero-order chi connectivity index (χ0) is 13.1. The van der Waals surface area contributed by atoms with Crippen molar-refractivity contribution in [1.29, 1.82) is 5.26 Å². The van der Waals surface area contributed by atoms with E-state index in [9.17, 15) is 9.90 Å². The number of aromatic hydroxyl groups is 1. The highest BCUT2D eigenvalue weighted by Gasteiger charge is 2.22. The predicted octanol–water partition coefficient (Wildman–Crippen LogP) is 1.43. The summed E-state index contributed by atoms with van der Waals surface area (Å²) in [6.07, 6.45) is 0. The van der Waals surface area contributed by atoms with Gasteiger partial charge in [0.25, 0.3) is 5.91 Å². The van der Waals surface area contributed by atoms with Crippen molar-refractivity contribution in [1.82, 2.24) is 5.32 Å². The van der Waals surface area contributed by atoms with Crippen molar-refractivity contribution in [2.24, 2.45) is 0 Å². The fraction of sp³-hybridized carbons (Fsp3) is 0.333. The molecule has 0 aromatic heterocycles. The number of carbonyl (C=O) groups excluding carboxylic acids is 1. The van der Waals surface area contributed by atoms with Crippen molar-refractivity contribution in [3.05, 3.63) is 23.8 Å². The molecule has 1 amide bonds. The summed E-state index contributed by atoms with van der Waals surface area (Å²) in [4.78, 5) is 11.8. The number of carbonyl (C=O) groups is 1. The minimum atomic E-state index is -0.993. The molecular formula is C12H14N2O3. The zero-order valence-electron chi connectivity index (χ0n) is 9.94. The number of benzene rings is 1. The molecule has 0 aliphatic heterocycles. The first-order valence-corrected chi connectivity index (χ1v) is 5.01. The van der Waals surface area contributed by atoms with Gasteiger partial charge >= 0.3 is 0 Å². The molecule has 0 unspecified atom stereocenters. The molecule has 1 aromatic rings. The van der Waals surface area contributed by atoms with Crippen molar-refractivity contribution in [2.75, 3.05) is 7.11 Å². The van der Waals surface area contributed by atoms with Gasteiger partial charge in [0.15, 0.2) is 11.5 Å². The Hall–Kier alpha value is -2.22. The molecule has 5 nitrogen and oxygen atoms in total. The Morgan fingerprint density at radius 1 is 1.53 bits per heavy atom. The molecule has 1 rings (SSSR count). The average Bonchev–Trinajstić information content (AvgIpc) is 2.28. The Morgan fingerprint density at radius 2 is 2.18 bits per heavy atom. The summed E-state index contributed by atoms with van der Waals surface area (Å²) in [7, 11) is 1.40. The second kappa shape index (κ2) is 4.74. The third kappa shape index (κ3) is 2.88. The van der Waals surface area contributed by atoms with E-state index < -0.39 is 11.4 Å². The first-order chi connectivity index (χ1) is 7.91. The lowest BCUT2D eigenvalue weighted by atomic mass is 10.1. The smallest absolute Gasteiger partial charge is 0.256 e. The van der Waals surface area contributed by atoms with Crippen molar-refractivity contribution in [3.63, 3.8) is 0 Å². The number of para-hydroxylation sites is 1. The largest absolute Gasteiger partial charge is 0.504 e. The molecular weight excluding hydrogens is 220 g/mol. The molecule has 5 heteroatoms. The predicted molar refractivity (Wildman–Crippen MR) is 61.8 cm³/mol. The van der Waals surface area contributed by atoms with Gasteiger partial charge in [0, 0.05) is 0 Å². The quantitative estimate of drug-likeness (QED) is 0.828. The van der Waals surface area contributed by atoms with Crippen molar-refractivity contribution in [2.45, 2.75) is 19.4 Å². The van der Waals surface area contributed by atoms with Crippen LogP contribution < -0.4 is 10.1 Å². The van der Waals surface area contributed by atoms with Crippen LogP contribution in [0.3, 0.4) is 0 Å². The fourth-order valence-electron chi connectivity index (χ4n) is 1.25. The van der Waals surface area contributed by atoms with Crippen LogP contribution in [0.15, 0.2) is 18.2 Å². The lowest BCUT2D eigenvalue weighted by molar-refractivity contribution is 0.0926. The van der Waals surface area contributed by atoms with Gasteiger partial charge in [-0.15, -0.1) is 0 Å².